The van der Waals surface area contributed by atoms with Gasteiger partial charge >= 0.3 is 0 Å². The molecule has 0 saturated heterocycles. The zero-order chi connectivity index (χ0) is 7.66. The van der Waals surface area contributed by atoms with Crippen molar-refractivity contribution in [2.75, 3.05) is 18.2 Å². The first-order chi connectivity index (χ1) is 4.91. The third-order valence-corrected chi connectivity index (χ3v) is 2.36. The van der Waals surface area contributed by atoms with Gasteiger partial charge in [0.2, 0.25) is 0 Å². The Hall–Kier alpha value is 0.310. The van der Waals surface area contributed by atoms with Crippen molar-refractivity contribution in [3.05, 3.63) is 0 Å². The number of nitrogens with one attached hydrogen (secondary N) is 1. The van der Waals surface area contributed by atoms with E-state index in [1.54, 1.807) is 0 Å². The smallest absolute Gasteiger partial charge is 0.0417 e. The Kier molecular flexibility index (Phi) is 9.60. The highest BCUT2D eigenvalue weighted by Crippen LogP contribution is 1.98. The SMILES string of the molecule is CCCCNCSCCC. The van der Waals surface area contributed by atoms with Gasteiger partial charge in [-0.25, -0.2) is 0 Å². The Morgan fingerprint density at radius 3 is 2.60 bits per heavy atom. The predicted molar refractivity (Wildman–Crippen MR) is 50.5 cm³/mol. The summed E-state index contributed by atoms with van der Waals surface area (Å²) >= 11 is 1.99. The Morgan fingerprint density at radius 2 is 2.00 bits per heavy atom. The quantitative estimate of drug-likeness (QED) is 0.455. The second-order valence-electron chi connectivity index (χ2n) is 2.41. The fourth-order valence-electron chi connectivity index (χ4n) is 0.663. The summed E-state index contributed by atoms with van der Waals surface area (Å²) < 4.78 is 0. The monoisotopic (exact) mass is 161 g/mol. The summed E-state index contributed by atoms with van der Waals surface area (Å²) in [6, 6.07) is 0. The molecule has 0 amide bonds. The maximum atomic E-state index is 3.38. The topological polar surface area (TPSA) is 12.0 Å². The number of rotatable bonds is 7. The lowest BCUT2D eigenvalue weighted by atomic mass is 10.3. The van der Waals surface area contributed by atoms with Gasteiger partial charge in [-0.2, -0.15) is 0 Å². The van der Waals surface area contributed by atoms with Crippen LogP contribution in [0.4, 0.5) is 0 Å². The van der Waals surface area contributed by atoms with Crippen LogP contribution in [0.15, 0.2) is 0 Å². The van der Waals surface area contributed by atoms with E-state index in [1.165, 1.54) is 31.6 Å². The lowest BCUT2D eigenvalue weighted by molar-refractivity contribution is 0.700. The molecule has 0 heterocycles. The van der Waals surface area contributed by atoms with Gasteiger partial charge in [0, 0.05) is 5.88 Å². The summed E-state index contributed by atoms with van der Waals surface area (Å²) in [5.74, 6) is 2.42. The van der Waals surface area contributed by atoms with Crippen LogP contribution in [-0.4, -0.2) is 18.2 Å². The first kappa shape index (κ1) is 10.3. The lowest BCUT2D eigenvalue weighted by Crippen LogP contribution is -2.14. The van der Waals surface area contributed by atoms with E-state index in [2.05, 4.69) is 19.2 Å². The molecule has 0 atom stereocenters. The van der Waals surface area contributed by atoms with Gasteiger partial charge in [0.05, 0.1) is 0 Å². The minimum Gasteiger partial charge on any atom is -0.308 e. The molecule has 0 fully saturated rings. The lowest BCUT2D eigenvalue weighted by Gasteiger charge is -2.01. The third-order valence-electron chi connectivity index (χ3n) is 1.26. The van der Waals surface area contributed by atoms with Crippen molar-refractivity contribution in [3.8, 4) is 0 Å². The van der Waals surface area contributed by atoms with Gasteiger partial charge in [-0.1, -0.05) is 20.3 Å². The van der Waals surface area contributed by atoms with Crippen molar-refractivity contribution >= 4 is 11.8 Å². The minimum atomic E-state index is 1.13. The van der Waals surface area contributed by atoms with E-state index < -0.39 is 0 Å². The molecule has 62 valence electrons. The second kappa shape index (κ2) is 9.31. The molecule has 0 aromatic carbocycles. The molecule has 0 radical (unpaired) electrons. The molecule has 2 heteroatoms. The largest absolute Gasteiger partial charge is 0.308 e. The highest BCUT2D eigenvalue weighted by atomic mass is 32.2. The Labute approximate surface area is 69.0 Å². The van der Waals surface area contributed by atoms with Crippen LogP contribution in [0.5, 0.6) is 0 Å². The van der Waals surface area contributed by atoms with Crippen LogP contribution in [0.1, 0.15) is 33.1 Å². The molecule has 0 rings (SSSR count). The first-order valence-corrected chi connectivity index (χ1v) is 5.35. The van der Waals surface area contributed by atoms with Gasteiger partial charge in [0.1, 0.15) is 0 Å². The molecule has 1 N–H and O–H groups in total. The fraction of sp³-hybridized carbons (Fsp3) is 1.00. The summed E-state index contributed by atoms with van der Waals surface area (Å²) in [7, 11) is 0. The molecule has 0 aromatic rings. The van der Waals surface area contributed by atoms with Crippen LogP contribution < -0.4 is 5.32 Å². The predicted octanol–water partition coefficient (Wildman–Crippen LogP) is 2.48. The number of thioether (sulfide) groups is 1. The van der Waals surface area contributed by atoms with E-state index in [4.69, 9.17) is 0 Å². The molecule has 0 aliphatic rings. The molecule has 0 unspecified atom stereocenters. The molecule has 0 bridgehead atoms. The van der Waals surface area contributed by atoms with Crippen LogP contribution in [0, 0.1) is 0 Å². The number of hydrogen-bond acceptors (Lipinski definition) is 2. The molecule has 0 aromatic heterocycles. The van der Waals surface area contributed by atoms with E-state index in [9.17, 15) is 0 Å². The van der Waals surface area contributed by atoms with E-state index in [1.807, 2.05) is 11.8 Å². The highest BCUT2D eigenvalue weighted by Gasteiger charge is 1.85. The van der Waals surface area contributed by atoms with Gasteiger partial charge in [-0.3, -0.25) is 0 Å². The van der Waals surface area contributed by atoms with Crippen molar-refractivity contribution < 1.29 is 0 Å². The highest BCUT2D eigenvalue weighted by molar-refractivity contribution is 7.99. The maximum Gasteiger partial charge on any atom is 0.0417 e. The summed E-state index contributed by atoms with van der Waals surface area (Å²) in [6.45, 7) is 5.63. The van der Waals surface area contributed by atoms with Crippen molar-refractivity contribution in [2.45, 2.75) is 33.1 Å². The zero-order valence-electron chi connectivity index (χ0n) is 7.15. The van der Waals surface area contributed by atoms with Gasteiger partial charge < -0.3 is 5.32 Å². The number of unbranched alkanes of at least 4 members (excludes halogenated alkanes) is 1. The van der Waals surface area contributed by atoms with Crippen molar-refractivity contribution in [3.63, 3.8) is 0 Å². The fourth-order valence-corrected chi connectivity index (χ4v) is 1.38. The Bertz CT molecular complexity index is 49.2. The van der Waals surface area contributed by atoms with E-state index in [0.717, 1.165) is 5.88 Å². The standard InChI is InChI=1S/C8H19NS/c1-3-5-6-9-8-10-7-4-2/h9H,3-8H2,1-2H3. The minimum absolute atomic E-state index is 1.13. The molecule has 10 heavy (non-hydrogen) atoms. The summed E-state index contributed by atoms with van der Waals surface area (Å²) in [4.78, 5) is 0. The zero-order valence-corrected chi connectivity index (χ0v) is 7.97. The molecule has 0 saturated carbocycles. The van der Waals surface area contributed by atoms with E-state index >= 15 is 0 Å². The van der Waals surface area contributed by atoms with Crippen LogP contribution in [0.3, 0.4) is 0 Å². The summed E-state index contributed by atoms with van der Waals surface area (Å²) in [6.07, 6.45) is 3.90. The second-order valence-corrected chi connectivity index (χ2v) is 3.51. The Morgan fingerprint density at radius 1 is 1.20 bits per heavy atom. The molecular weight excluding hydrogens is 142 g/mol. The van der Waals surface area contributed by atoms with E-state index in [0.29, 0.717) is 0 Å². The summed E-state index contributed by atoms with van der Waals surface area (Å²) in [5.41, 5.74) is 0. The van der Waals surface area contributed by atoms with E-state index in [-0.39, 0.29) is 0 Å². The molecular formula is C8H19NS. The number of hydrogen-bond donors (Lipinski definition) is 1. The van der Waals surface area contributed by atoms with Crippen molar-refractivity contribution in [2.24, 2.45) is 0 Å². The van der Waals surface area contributed by atoms with Crippen LogP contribution in [0.2, 0.25) is 0 Å². The maximum absolute atomic E-state index is 3.38. The van der Waals surface area contributed by atoms with Crippen LogP contribution >= 0.6 is 11.8 Å². The molecule has 0 spiro atoms. The molecule has 1 nitrogen and oxygen atoms in total. The summed E-state index contributed by atoms with van der Waals surface area (Å²) in [5, 5.41) is 3.38. The normalized spacial score (nSPS) is 10.2. The molecule has 0 aliphatic heterocycles. The average Bonchev–Trinajstić information content (AvgIpc) is 1.97. The van der Waals surface area contributed by atoms with Crippen molar-refractivity contribution in [1.82, 2.24) is 5.32 Å². The average molecular weight is 161 g/mol. The van der Waals surface area contributed by atoms with Gasteiger partial charge in [-0.05, 0) is 25.1 Å². The van der Waals surface area contributed by atoms with Gasteiger partial charge in [0.15, 0.2) is 0 Å². The van der Waals surface area contributed by atoms with Crippen LogP contribution in [0.25, 0.3) is 0 Å². The first-order valence-electron chi connectivity index (χ1n) is 4.20. The van der Waals surface area contributed by atoms with Crippen LogP contribution in [-0.2, 0) is 0 Å². The Balaban J connectivity index is 2.65. The third kappa shape index (κ3) is 8.31. The molecule has 0 aliphatic carbocycles. The van der Waals surface area contributed by atoms with Crippen molar-refractivity contribution in [1.29, 1.82) is 0 Å². The van der Waals surface area contributed by atoms with Gasteiger partial charge in [0.25, 0.3) is 0 Å². The van der Waals surface area contributed by atoms with Gasteiger partial charge in [-0.15, -0.1) is 11.8 Å².